The van der Waals surface area contributed by atoms with Crippen molar-refractivity contribution < 1.29 is 9.13 Å². The predicted molar refractivity (Wildman–Crippen MR) is 87.0 cm³/mol. The maximum atomic E-state index is 14.0. The topological polar surface area (TPSA) is 21.3 Å². The van der Waals surface area contributed by atoms with Gasteiger partial charge in [-0.15, -0.1) is 11.3 Å². The van der Waals surface area contributed by atoms with Crippen molar-refractivity contribution in [1.82, 2.24) is 5.32 Å². The largest absolute Gasteiger partial charge is 0.496 e. The minimum absolute atomic E-state index is 0.0783. The van der Waals surface area contributed by atoms with Crippen LogP contribution >= 0.6 is 22.9 Å². The summed E-state index contributed by atoms with van der Waals surface area (Å²) in [5.74, 6) is 0.587. The number of thiophene rings is 1. The fourth-order valence-corrected chi connectivity index (χ4v) is 3.21. The zero-order valence-electron chi connectivity index (χ0n) is 12.2. The first-order chi connectivity index (χ1) is 10.1. The summed E-state index contributed by atoms with van der Waals surface area (Å²) in [6, 6.07) is 6.93. The van der Waals surface area contributed by atoms with E-state index in [2.05, 4.69) is 12.2 Å². The first-order valence-electron chi connectivity index (χ1n) is 6.93. The van der Waals surface area contributed by atoms with Crippen LogP contribution in [0.4, 0.5) is 4.39 Å². The Morgan fingerprint density at radius 2 is 2.19 bits per heavy atom. The highest BCUT2D eigenvalue weighted by Crippen LogP contribution is 2.30. The fourth-order valence-electron chi connectivity index (χ4n) is 2.12. The molecule has 0 aliphatic heterocycles. The van der Waals surface area contributed by atoms with Crippen LogP contribution in [-0.2, 0) is 6.42 Å². The molecule has 2 nitrogen and oxygen atoms in total. The summed E-state index contributed by atoms with van der Waals surface area (Å²) in [5, 5.41) is 5.86. The molecule has 0 saturated carbocycles. The third-order valence-corrected chi connectivity index (χ3v) is 4.51. The molecule has 21 heavy (non-hydrogen) atoms. The highest BCUT2D eigenvalue weighted by Gasteiger charge is 2.16. The summed E-state index contributed by atoms with van der Waals surface area (Å²) in [7, 11) is 1.65. The maximum Gasteiger partial charge on any atom is 0.129 e. The van der Waals surface area contributed by atoms with Crippen molar-refractivity contribution in [2.75, 3.05) is 13.7 Å². The molecular formula is C16H19ClFNOS. The summed E-state index contributed by atoms with van der Waals surface area (Å²) in [6.45, 7) is 3.00. The van der Waals surface area contributed by atoms with Gasteiger partial charge in [0.1, 0.15) is 11.6 Å². The van der Waals surface area contributed by atoms with Gasteiger partial charge in [0.2, 0.25) is 0 Å². The second kappa shape index (κ2) is 7.78. The highest BCUT2D eigenvalue weighted by atomic mass is 35.5. The molecule has 1 N–H and O–H groups in total. The Morgan fingerprint density at radius 1 is 1.38 bits per heavy atom. The number of hydrogen-bond donors (Lipinski definition) is 1. The lowest BCUT2D eigenvalue weighted by Crippen LogP contribution is -2.23. The maximum absolute atomic E-state index is 14.0. The number of hydrogen-bond acceptors (Lipinski definition) is 3. The molecule has 1 aromatic carbocycles. The first-order valence-corrected chi connectivity index (χ1v) is 8.19. The number of halogens is 2. The van der Waals surface area contributed by atoms with Crippen LogP contribution in [0.15, 0.2) is 29.6 Å². The van der Waals surface area contributed by atoms with Gasteiger partial charge in [-0.3, -0.25) is 0 Å². The molecule has 1 atom stereocenters. The van der Waals surface area contributed by atoms with E-state index in [1.165, 1.54) is 6.07 Å². The van der Waals surface area contributed by atoms with Gasteiger partial charge < -0.3 is 10.1 Å². The van der Waals surface area contributed by atoms with Gasteiger partial charge in [-0.05, 0) is 43.1 Å². The van der Waals surface area contributed by atoms with Crippen LogP contribution in [0.5, 0.6) is 5.75 Å². The summed E-state index contributed by atoms with van der Waals surface area (Å²) in [4.78, 5) is 1.15. The molecule has 2 rings (SSSR count). The van der Waals surface area contributed by atoms with Crippen molar-refractivity contribution in [3.8, 4) is 5.75 Å². The van der Waals surface area contributed by atoms with Crippen molar-refractivity contribution >= 4 is 22.9 Å². The van der Waals surface area contributed by atoms with E-state index >= 15 is 0 Å². The molecular weight excluding hydrogens is 309 g/mol. The van der Waals surface area contributed by atoms with Crippen molar-refractivity contribution in [1.29, 1.82) is 0 Å². The number of ether oxygens (including phenoxy) is 1. The van der Waals surface area contributed by atoms with Crippen LogP contribution in [0.3, 0.4) is 0 Å². The van der Waals surface area contributed by atoms with E-state index in [1.807, 2.05) is 11.4 Å². The van der Waals surface area contributed by atoms with Crippen molar-refractivity contribution in [2.24, 2.45) is 0 Å². The third-order valence-electron chi connectivity index (χ3n) is 3.25. The van der Waals surface area contributed by atoms with Gasteiger partial charge in [-0.25, -0.2) is 4.39 Å². The molecule has 0 radical (unpaired) electrons. The number of nitrogens with one attached hydrogen (secondary N) is 1. The van der Waals surface area contributed by atoms with Gasteiger partial charge in [0.25, 0.3) is 0 Å². The smallest absolute Gasteiger partial charge is 0.129 e. The van der Waals surface area contributed by atoms with Crippen molar-refractivity contribution in [2.45, 2.75) is 25.8 Å². The van der Waals surface area contributed by atoms with Crippen LogP contribution in [0.2, 0.25) is 5.02 Å². The van der Waals surface area contributed by atoms with Crippen LogP contribution in [0.1, 0.15) is 29.8 Å². The van der Waals surface area contributed by atoms with Gasteiger partial charge in [0.05, 0.1) is 7.11 Å². The molecule has 0 fully saturated rings. The van der Waals surface area contributed by atoms with Crippen molar-refractivity contribution in [3.63, 3.8) is 0 Å². The molecule has 1 aromatic heterocycles. The van der Waals surface area contributed by atoms with E-state index in [0.717, 1.165) is 23.6 Å². The van der Waals surface area contributed by atoms with Gasteiger partial charge in [-0.2, -0.15) is 0 Å². The SMILES string of the molecule is CCCNC(Cc1ccc(Cl)cc1F)c1cc(OC)cs1. The van der Waals surface area contributed by atoms with Gasteiger partial charge in [-0.1, -0.05) is 24.6 Å². The zero-order valence-corrected chi connectivity index (χ0v) is 13.7. The van der Waals surface area contributed by atoms with Crippen LogP contribution < -0.4 is 10.1 Å². The quantitative estimate of drug-likeness (QED) is 0.786. The van der Waals surface area contributed by atoms with Crippen LogP contribution in [0, 0.1) is 5.82 Å². The molecule has 1 unspecified atom stereocenters. The van der Waals surface area contributed by atoms with Crippen LogP contribution in [0.25, 0.3) is 0 Å². The Labute approximate surface area is 133 Å². The summed E-state index contributed by atoms with van der Waals surface area (Å²) < 4.78 is 19.2. The summed E-state index contributed by atoms with van der Waals surface area (Å²) >= 11 is 7.43. The van der Waals surface area contributed by atoms with Gasteiger partial charge in [0, 0.05) is 21.3 Å². The van der Waals surface area contributed by atoms with Gasteiger partial charge in [0.15, 0.2) is 0 Å². The molecule has 114 valence electrons. The van der Waals surface area contributed by atoms with E-state index in [0.29, 0.717) is 17.0 Å². The Morgan fingerprint density at radius 3 is 2.81 bits per heavy atom. The molecule has 0 amide bonds. The van der Waals surface area contributed by atoms with E-state index in [-0.39, 0.29) is 11.9 Å². The Bertz CT molecular complexity index is 587. The van der Waals surface area contributed by atoms with Gasteiger partial charge >= 0.3 is 0 Å². The Kier molecular flexibility index (Phi) is 6.03. The standard InChI is InChI=1S/C16H19ClFNOS/c1-3-6-19-15(16-9-13(20-2)10-21-16)7-11-4-5-12(17)8-14(11)18/h4-5,8-10,15,19H,3,6-7H2,1-2H3. The molecule has 5 heteroatoms. The number of rotatable bonds is 7. The molecule has 0 spiro atoms. The highest BCUT2D eigenvalue weighted by molar-refractivity contribution is 7.10. The lowest BCUT2D eigenvalue weighted by atomic mass is 10.0. The minimum Gasteiger partial charge on any atom is -0.496 e. The second-order valence-corrected chi connectivity index (χ2v) is 6.21. The molecule has 0 bridgehead atoms. The van der Waals surface area contributed by atoms with E-state index < -0.39 is 0 Å². The normalized spacial score (nSPS) is 12.4. The number of benzene rings is 1. The molecule has 2 aromatic rings. The summed E-state index contributed by atoms with van der Waals surface area (Å²) in [5.41, 5.74) is 0.667. The minimum atomic E-state index is -0.255. The molecule has 0 aliphatic carbocycles. The summed E-state index contributed by atoms with van der Waals surface area (Å²) in [6.07, 6.45) is 1.62. The Balaban J connectivity index is 2.19. The first kappa shape index (κ1) is 16.3. The molecule has 1 heterocycles. The average molecular weight is 328 g/mol. The Hall–Kier alpha value is -1.10. The average Bonchev–Trinajstić information content (AvgIpc) is 2.94. The molecule has 0 saturated heterocycles. The lowest BCUT2D eigenvalue weighted by Gasteiger charge is -2.17. The van der Waals surface area contributed by atoms with E-state index in [9.17, 15) is 4.39 Å². The van der Waals surface area contributed by atoms with Crippen molar-refractivity contribution in [3.05, 3.63) is 50.9 Å². The molecule has 0 aliphatic rings. The predicted octanol–water partition coefficient (Wildman–Crippen LogP) is 4.83. The number of methoxy groups -OCH3 is 1. The van der Waals surface area contributed by atoms with E-state index in [4.69, 9.17) is 16.3 Å². The lowest BCUT2D eigenvalue weighted by molar-refractivity contribution is 0.415. The second-order valence-electron chi connectivity index (χ2n) is 4.84. The third kappa shape index (κ3) is 4.43. The van der Waals surface area contributed by atoms with Crippen LogP contribution in [-0.4, -0.2) is 13.7 Å². The monoisotopic (exact) mass is 327 g/mol. The fraction of sp³-hybridized carbons (Fsp3) is 0.375. The zero-order chi connectivity index (χ0) is 15.2. The van der Waals surface area contributed by atoms with E-state index in [1.54, 1.807) is 30.6 Å².